The number of rotatable bonds is 5. The fraction of sp³-hybridized carbons (Fsp3) is 0.214. The van der Waals surface area contributed by atoms with E-state index in [2.05, 4.69) is 39.6 Å². The fourth-order valence-electron chi connectivity index (χ4n) is 1.64. The molecule has 0 saturated heterocycles. The predicted octanol–water partition coefficient (Wildman–Crippen LogP) is 3.80. The maximum absolute atomic E-state index is 11.8. The molecule has 3 nitrogen and oxygen atoms in total. The van der Waals surface area contributed by atoms with Crippen LogP contribution in [-0.4, -0.2) is 12.5 Å². The number of thiophene rings is 1. The molecule has 100 valence electrons. The maximum atomic E-state index is 11.8. The Bertz CT molecular complexity index is 542. The molecule has 0 fully saturated rings. The largest absolute Gasteiger partial charge is 0.324 e. The van der Waals surface area contributed by atoms with Gasteiger partial charge in [0, 0.05) is 15.4 Å². The van der Waals surface area contributed by atoms with E-state index in [0.717, 1.165) is 10.2 Å². The number of carbonyl (C=O) groups is 1. The standard InChI is InChI=1S/C14H15BrN2OS/c1-10(13-7-4-8-19-13)16-9-14(18)17-12-6-3-2-5-11(12)15/h2-8,10,16H,9H2,1H3,(H,17,18). The predicted molar refractivity (Wildman–Crippen MR) is 83.5 cm³/mol. The molecule has 2 rings (SSSR count). The zero-order valence-corrected chi connectivity index (χ0v) is 12.9. The van der Waals surface area contributed by atoms with Crippen LogP contribution >= 0.6 is 27.3 Å². The number of carbonyl (C=O) groups excluding carboxylic acids is 1. The van der Waals surface area contributed by atoms with Crippen LogP contribution in [0, 0.1) is 0 Å². The second kappa shape index (κ2) is 6.84. The quantitative estimate of drug-likeness (QED) is 0.870. The fourth-order valence-corrected chi connectivity index (χ4v) is 2.78. The van der Waals surface area contributed by atoms with Gasteiger partial charge in [-0.15, -0.1) is 11.3 Å². The van der Waals surface area contributed by atoms with Crippen LogP contribution in [0.5, 0.6) is 0 Å². The Morgan fingerprint density at radius 3 is 2.79 bits per heavy atom. The van der Waals surface area contributed by atoms with E-state index in [1.54, 1.807) is 11.3 Å². The molecule has 5 heteroatoms. The summed E-state index contributed by atoms with van der Waals surface area (Å²) in [6.45, 7) is 2.35. The van der Waals surface area contributed by atoms with E-state index in [4.69, 9.17) is 0 Å². The molecule has 1 amide bonds. The summed E-state index contributed by atoms with van der Waals surface area (Å²) >= 11 is 5.09. The number of nitrogens with one attached hydrogen (secondary N) is 2. The van der Waals surface area contributed by atoms with E-state index in [0.29, 0.717) is 6.54 Å². The first-order chi connectivity index (χ1) is 9.16. The summed E-state index contributed by atoms with van der Waals surface area (Å²) in [4.78, 5) is 13.1. The minimum Gasteiger partial charge on any atom is -0.324 e. The van der Waals surface area contributed by atoms with Gasteiger partial charge < -0.3 is 10.6 Å². The molecule has 1 atom stereocenters. The van der Waals surface area contributed by atoms with Gasteiger partial charge >= 0.3 is 0 Å². The molecular formula is C14H15BrN2OS. The molecule has 0 aliphatic heterocycles. The Labute approximate surface area is 125 Å². The molecule has 2 aromatic rings. The minimum atomic E-state index is -0.0460. The first-order valence-electron chi connectivity index (χ1n) is 5.98. The summed E-state index contributed by atoms with van der Waals surface area (Å²) in [5.74, 6) is -0.0460. The Morgan fingerprint density at radius 2 is 2.11 bits per heavy atom. The van der Waals surface area contributed by atoms with Gasteiger partial charge in [0.1, 0.15) is 0 Å². The van der Waals surface area contributed by atoms with E-state index in [1.807, 2.05) is 35.7 Å². The van der Waals surface area contributed by atoms with Gasteiger partial charge in [0.25, 0.3) is 0 Å². The molecular weight excluding hydrogens is 324 g/mol. The van der Waals surface area contributed by atoms with E-state index in [9.17, 15) is 4.79 Å². The van der Waals surface area contributed by atoms with Crippen molar-refractivity contribution < 1.29 is 4.79 Å². The van der Waals surface area contributed by atoms with Crippen molar-refractivity contribution in [2.45, 2.75) is 13.0 Å². The van der Waals surface area contributed by atoms with Gasteiger partial charge in [-0.1, -0.05) is 18.2 Å². The first-order valence-corrected chi connectivity index (χ1v) is 7.65. The van der Waals surface area contributed by atoms with Crippen molar-refractivity contribution in [2.24, 2.45) is 0 Å². The summed E-state index contributed by atoms with van der Waals surface area (Å²) in [6, 6.07) is 11.8. The van der Waals surface area contributed by atoms with Gasteiger partial charge in [-0.3, -0.25) is 4.79 Å². The summed E-state index contributed by atoms with van der Waals surface area (Å²) in [5.41, 5.74) is 0.790. The molecule has 1 aromatic carbocycles. The summed E-state index contributed by atoms with van der Waals surface area (Å²) < 4.78 is 0.884. The Balaban J connectivity index is 1.84. The lowest BCUT2D eigenvalue weighted by atomic mass is 10.2. The number of amides is 1. The maximum Gasteiger partial charge on any atom is 0.238 e. The lowest BCUT2D eigenvalue weighted by molar-refractivity contribution is -0.115. The topological polar surface area (TPSA) is 41.1 Å². The van der Waals surface area contributed by atoms with Crippen molar-refractivity contribution in [1.29, 1.82) is 0 Å². The molecule has 19 heavy (non-hydrogen) atoms. The average Bonchev–Trinajstić information content (AvgIpc) is 2.93. The van der Waals surface area contributed by atoms with Crippen LogP contribution < -0.4 is 10.6 Å². The van der Waals surface area contributed by atoms with Crippen LogP contribution in [0.25, 0.3) is 0 Å². The van der Waals surface area contributed by atoms with Gasteiger partial charge in [-0.2, -0.15) is 0 Å². The first kappa shape index (κ1) is 14.2. The zero-order chi connectivity index (χ0) is 13.7. The van der Waals surface area contributed by atoms with Gasteiger partial charge in [-0.25, -0.2) is 0 Å². The summed E-state index contributed by atoms with van der Waals surface area (Å²) in [7, 11) is 0. The number of benzene rings is 1. The van der Waals surface area contributed by atoms with E-state index in [-0.39, 0.29) is 11.9 Å². The van der Waals surface area contributed by atoms with Crippen molar-refractivity contribution in [3.63, 3.8) is 0 Å². The van der Waals surface area contributed by atoms with Crippen LogP contribution in [0.4, 0.5) is 5.69 Å². The lowest BCUT2D eigenvalue weighted by Gasteiger charge is -2.12. The molecule has 2 N–H and O–H groups in total. The molecule has 1 unspecified atom stereocenters. The third-order valence-electron chi connectivity index (χ3n) is 2.69. The molecule has 1 heterocycles. The molecule has 0 spiro atoms. The third kappa shape index (κ3) is 4.16. The molecule has 0 bridgehead atoms. The zero-order valence-electron chi connectivity index (χ0n) is 10.5. The van der Waals surface area contributed by atoms with Crippen molar-refractivity contribution in [1.82, 2.24) is 5.32 Å². The van der Waals surface area contributed by atoms with Crippen LogP contribution in [-0.2, 0) is 4.79 Å². The highest BCUT2D eigenvalue weighted by molar-refractivity contribution is 9.10. The number of halogens is 1. The molecule has 0 radical (unpaired) electrons. The molecule has 0 saturated carbocycles. The second-order valence-electron chi connectivity index (χ2n) is 4.15. The average molecular weight is 339 g/mol. The van der Waals surface area contributed by atoms with Gasteiger partial charge in [0.15, 0.2) is 0 Å². The van der Waals surface area contributed by atoms with Crippen LogP contribution in [0.15, 0.2) is 46.3 Å². The number of hydrogen-bond donors (Lipinski definition) is 2. The Hall–Kier alpha value is -1.17. The van der Waals surface area contributed by atoms with Crippen LogP contribution in [0.1, 0.15) is 17.8 Å². The normalized spacial score (nSPS) is 12.1. The molecule has 0 aliphatic carbocycles. The molecule has 0 aliphatic rings. The van der Waals surface area contributed by atoms with Gasteiger partial charge in [-0.05, 0) is 46.4 Å². The van der Waals surface area contributed by atoms with Crippen molar-refractivity contribution >= 4 is 38.9 Å². The van der Waals surface area contributed by atoms with Gasteiger partial charge in [0.2, 0.25) is 5.91 Å². The lowest BCUT2D eigenvalue weighted by Crippen LogP contribution is -2.29. The third-order valence-corrected chi connectivity index (χ3v) is 4.43. The SMILES string of the molecule is CC(NCC(=O)Nc1ccccc1Br)c1cccs1. The monoisotopic (exact) mass is 338 g/mol. The smallest absolute Gasteiger partial charge is 0.238 e. The van der Waals surface area contributed by atoms with E-state index < -0.39 is 0 Å². The highest BCUT2D eigenvalue weighted by Crippen LogP contribution is 2.21. The van der Waals surface area contributed by atoms with E-state index >= 15 is 0 Å². The van der Waals surface area contributed by atoms with Crippen LogP contribution in [0.3, 0.4) is 0 Å². The molecule has 1 aromatic heterocycles. The number of hydrogen-bond acceptors (Lipinski definition) is 3. The van der Waals surface area contributed by atoms with Crippen molar-refractivity contribution in [3.8, 4) is 0 Å². The number of anilines is 1. The Morgan fingerprint density at radius 1 is 1.32 bits per heavy atom. The highest BCUT2D eigenvalue weighted by atomic mass is 79.9. The summed E-state index contributed by atoms with van der Waals surface area (Å²) in [6.07, 6.45) is 0. The van der Waals surface area contributed by atoms with Crippen molar-refractivity contribution in [3.05, 3.63) is 51.1 Å². The van der Waals surface area contributed by atoms with E-state index in [1.165, 1.54) is 4.88 Å². The highest BCUT2D eigenvalue weighted by Gasteiger charge is 2.09. The second-order valence-corrected chi connectivity index (χ2v) is 5.98. The number of para-hydroxylation sites is 1. The Kier molecular flexibility index (Phi) is 5.13. The summed E-state index contributed by atoms with van der Waals surface area (Å²) in [5, 5.41) is 8.11. The van der Waals surface area contributed by atoms with Crippen molar-refractivity contribution in [2.75, 3.05) is 11.9 Å². The van der Waals surface area contributed by atoms with Gasteiger partial charge in [0.05, 0.1) is 12.2 Å². The minimum absolute atomic E-state index is 0.0460. The van der Waals surface area contributed by atoms with Crippen LogP contribution in [0.2, 0.25) is 0 Å².